The highest BCUT2D eigenvalue weighted by molar-refractivity contribution is 7.99. The number of hydrogen-bond acceptors (Lipinski definition) is 8. The third-order valence-corrected chi connectivity index (χ3v) is 5.85. The number of benzene rings is 2. The Hall–Kier alpha value is -3.66. The molecule has 2 heterocycles. The second kappa shape index (κ2) is 9.86. The number of thioether (sulfide) groups is 1. The van der Waals surface area contributed by atoms with Crippen LogP contribution in [0.15, 0.2) is 52.1 Å². The van der Waals surface area contributed by atoms with Crippen LogP contribution in [0.2, 0.25) is 0 Å². The minimum absolute atomic E-state index is 0.160. The van der Waals surface area contributed by atoms with Gasteiger partial charge in [-0.1, -0.05) is 46.7 Å². The number of aromatic nitrogens is 5. The van der Waals surface area contributed by atoms with Crippen LogP contribution in [-0.4, -0.2) is 43.7 Å². The van der Waals surface area contributed by atoms with E-state index in [9.17, 15) is 4.79 Å². The Morgan fingerprint density at radius 3 is 2.73 bits per heavy atom. The normalized spacial score (nSPS) is 10.9. The van der Waals surface area contributed by atoms with Crippen LogP contribution in [0.3, 0.4) is 0 Å². The highest BCUT2D eigenvalue weighted by Crippen LogP contribution is 2.27. The summed E-state index contributed by atoms with van der Waals surface area (Å²) in [5, 5.41) is 16.0. The van der Waals surface area contributed by atoms with Gasteiger partial charge in [0.15, 0.2) is 5.16 Å². The van der Waals surface area contributed by atoms with Crippen LogP contribution in [0.5, 0.6) is 5.75 Å². The van der Waals surface area contributed by atoms with E-state index in [1.807, 2.05) is 67.8 Å². The Labute approximate surface area is 195 Å². The quantitative estimate of drug-likeness (QED) is 0.383. The lowest BCUT2D eigenvalue weighted by Gasteiger charge is -2.11. The third kappa shape index (κ3) is 5.06. The molecule has 10 heteroatoms. The van der Waals surface area contributed by atoms with Crippen LogP contribution in [0.25, 0.3) is 23.1 Å². The summed E-state index contributed by atoms with van der Waals surface area (Å²) in [6.45, 7) is 6.51. The molecule has 0 bridgehead atoms. The average Bonchev–Trinajstić information content (AvgIpc) is 3.44. The van der Waals surface area contributed by atoms with Gasteiger partial charge in [-0.15, -0.1) is 10.2 Å². The molecule has 0 fully saturated rings. The molecule has 0 saturated heterocycles. The fourth-order valence-electron chi connectivity index (χ4n) is 3.29. The van der Waals surface area contributed by atoms with Gasteiger partial charge in [0.05, 0.1) is 18.6 Å². The maximum absolute atomic E-state index is 12.5. The number of carbonyl (C=O) groups excluding carboxylic acids is 1. The molecule has 0 aliphatic carbocycles. The number of rotatable bonds is 8. The minimum atomic E-state index is -0.171. The van der Waals surface area contributed by atoms with Gasteiger partial charge in [0.2, 0.25) is 17.6 Å². The van der Waals surface area contributed by atoms with Crippen molar-refractivity contribution in [2.45, 2.75) is 32.5 Å². The van der Waals surface area contributed by atoms with Crippen LogP contribution in [0.1, 0.15) is 18.1 Å². The molecule has 9 nitrogen and oxygen atoms in total. The second-order valence-electron chi connectivity index (χ2n) is 7.38. The Bertz CT molecular complexity index is 1280. The monoisotopic (exact) mass is 464 g/mol. The molecule has 0 spiro atoms. The van der Waals surface area contributed by atoms with Gasteiger partial charge in [-0.25, -0.2) is 0 Å². The molecule has 1 amide bonds. The molecule has 4 aromatic rings. The molecule has 33 heavy (non-hydrogen) atoms. The van der Waals surface area contributed by atoms with Gasteiger partial charge in [0, 0.05) is 12.1 Å². The molecule has 1 N–H and O–H groups in total. The van der Waals surface area contributed by atoms with Crippen LogP contribution in [0, 0.1) is 13.8 Å². The lowest BCUT2D eigenvalue weighted by Crippen LogP contribution is -2.15. The SMILES string of the molecule is CCn1c(SCC(=O)Nc2cc(C)ccc2OC)nnc1-c1nc(-c2cccc(C)c2)no1. The number of nitrogens with one attached hydrogen (secondary N) is 1. The van der Waals surface area contributed by atoms with Gasteiger partial charge in [-0.3, -0.25) is 9.36 Å². The summed E-state index contributed by atoms with van der Waals surface area (Å²) in [4.78, 5) is 17.0. The molecule has 0 aliphatic rings. The standard InChI is InChI=1S/C23H24N6O3S/c1-5-29-21(22-25-20(28-32-22)16-8-6-7-14(2)11-16)26-27-23(29)33-13-19(30)24-17-12-15(3)9-10-18(17)31-4/h6-12H,5,13H2,1-4H3,(H,24,30). The van der Waals surface area contributed by atoms with E-state index >= 15 is 0 Å². The van der Waals surface area contributed by atoms with Gasteiger partial charge in [-0.05, 0) is 44.5 Å². The summed E-state index contributed by atoms with van der Waals surface area (Å²) in [6.07, 6.45) is 0. The first-order valence-electron chi connectivity index (χ1n) is 10.4. The van der Waals surface area contributed by atoms with Crippen molar-refractivity contribution < 1.29 is 14.1 Å². The summed E-state index contributed by atoms with van der Waals surface area (Å²) in [5.74, 6) is 1.83. The van der Waals surface area contributed by atoms with Crippen molar-refractivity contribution in [2.24, 2.45) is 0 Å². The molecule has 0 atom stereocenters. The predicted octanol–water partition coefficient (Wildman–Crippen LogP) is 4.37. The Morgan fingerprint density at radius 1 is 1.15 bits per heavy atom. The maximum atomic E-state index is 12.5. The van der Waals surface area contributed by atoms with Crippen molar-refractivity contribution >= 4 is 23.4 Å². The number of carbonyl (C=O) groups is 1. The van der Waals surface area contributed by atoms with Crippen LogP contribution in [-0.2, 0) is 11.3 Å². The zero-order valence-corrected chi connectivity index (χ0v) is 19.6. The van der Waals surface area contributed by atoms with Gasteiger partial charge in [-0.2, -0.15) is 4.98 Å². The number of hydrogen-bond donors (Lipinski definition) is 1. The molecule has 0 aliphatic heterocycles. The Morgan fingerprint density at radius 2 is 1.97 bits per heavy atom. The van der Waals surface area contributed by atoms with Crippen LogP contribution >= 0.6 is 11.8 Å². The zero-order chi connectivity index (χ0) is 23.4. The predicted molar refractivity (Wildman–Crippen MR) is 126 cm³/mol. The summed E-state index contributed by atoms with van der Waals surface area (Å²) in [5.41, 5.74) is 3.63. The average molecular weight is 465 g/mol. The van der Waals surface area contributed by atoms with Gasteiger partial charge >= 0.3 is 0 Å². The molecular formula is C23H24N6O3S. The number of anilines is 1. The molecule has 0 unspecified atom stereocenters. The van der Waals surface area contributed by atoms with Crippen molar-refractivity contribution in [3.05, 3.63) is 53.6 Å². The first-order valence-corrected chi connectivity index (χ1v) is 11.4. The molecule has 4 rings (SSSR count). The van der Waals surface area contributed by atoms with E-state index in [-0.39, 0.29) is 17.6 Å². The number of methoxy groups -OCH3 is 1. The van der Waals surface area contributed by atoms with E-state index in [1.54, 1.807) is 7.11 Å². The van der Waals surface area contributed by atoms with E-state index in [0.717, 1.165) is 16.7 Å². The molecule has 0 saturated carbocycles. The van der Waals surface area contributed by atoms with E-state index in [2.05, 4.69) is 25.7 Å². The lowest BCUT2D eigenvalue weighted by molar-refractivity contribution is -0.113. The first kappa shape index (κ1) is 22.5. The maximum Gasteiger partial charge on any atom is 0.296 e. The van der Waals surface area contributed by atoms with Crippen LogP contribution in [0.4, 0.5) is 5.69 Å². The van der Waals surface area contributed by atoms with E-state index in [0.29, 0.717) is 34.8 Å². The fraction of sp³-hybridized carbons (Fsp3) is 0.261. The molecule has 2 aromatic carbocycles. The van der Waals surface area contributed by atoms with Crippen LogP contribution < -0.4 is 10.1 Å². The number of ether oxygens (including phenoxy) is 1. The Balaban J connectivity index is 1.47. The summed E-state index contributed by atoms with van der Waals surface area (Å²) < 4.78 is 12.6. The molecule has 2 aromatic heterocycles. The van der Waals surface area contributed by atoms with Crippen molar-refractivity contribution in [2.75, 3.05) is 18.2 Å². The largest absolute Gasteiger partial charge is 0.495 e. The second-order valence-corrected chi connectivity index (χ2v) is 8.33. The number of aryl methyl sites for hydroxylation is 2. The molecule has 0 radical (unpaired) electrons. The van der Waals surface area contributed by atoms with E-state index in [4.69, 9.17) is 9.26 Å². The summed E-state index contributed by atoms with van der Waals surface area (Å²) in [6, 6.07) is 13.5. The van der Waals surface area contributed by atoms with Crippen molar-refractivity contribution in [1.82, 2.24) is 24.9 Å². The minimum Gasteiger partial charge on any atom is -0.495 e. The third-order valence-electron chi connectivity index (χ3n) is 4.89. The zero-order valence-electron chi connectivity index (χ0n) is 18.8. The summed E-state index contributed by atoms with van der Waals surface area (Å²) in [7, 11) is 1.57. The first-order chi connectivity index (χ1) is 16.0. The van der Waals surface area contributed by atoms with Crippen molar-refractivity contribution in [3.63, 3.8) is 0 Å². The van der Waals surface area contributed by atoms with Gasteiger partial charge in [0.1, 0.15) is 5.75 Å². The van der Waals surface area contributed by atoms with Gasteiger partial charge in [0.25, 0.3) is 5.89 Å². The molecule has 170 valence electrons. The van der Waals surface area contributed by atoms with Crippen molar-refractivity contribution in [3.8, 4) is 28.9 Å². The fourth-order valence-corrected chi connectivity index (χ4v) is 4.09. The number of amides is 1. The van der Waals surface area contributed by atoms with Gasteiger partial charge < -0.3 is 14.6 Å². The highest BCUT2D eigenvalue weighted by atomic mass is 32.2. The highest BCUT2D eigenvalue weighted by Gasteiger charge is 2.20. The van der Waals surface area contributed by atoms with Crippen molar-refractivity contribution in [1.29, 1.82) is 0 Å². The number of nitrogens with zero attached hydrogens (tertiary/aromatic N) is 5. The van der Waals surface area contributed by atoms with E-state index in [1.165, 1.54) is 11.8 Å². The van der Waals surface area contributed by atoms with E-state index < -0.39 is 0 Å². The lowest BCUT2D eigenvalue weighted by atomic mass is 10.1. The summed E-state index contributed by atoms with van der Waals surface area (Å²) >= 11 is 1.28. The smallest absolute Gasteiger partial charge is 0.296 e. The molecular weight excluding hydrogens is 440 g/mol. The topological polar surface area (TPSA) is 108 Å². The Kier molecular flexibility index (Phi) is 6.74.